The number of hydrogen-bond donors (Lipinski definition) is 1. The van der Waals surface area contributed by atoms with Gasteiger partial charge in [0, 0.05) is 28.6 Å². The lowest BCUT2D eigenvalue weighted by molar-refractivity contribution is -0.142. The third-order valence-corrected chi connectivity index (χ3v) is 6.99. The first kappa shape index (κ1) is 28.3. The van der Waals surface area contributed by atoms with Gasteiger partial charge in [-0.25, -0.2) is 4.79 Å². The Balaban J connectivity index is 1.62. The maximum atomic E-state index is 13.1. The van der Waals surface area contributed by atoms with Crippen molar-refractivity contribution in [1.29, 1.82) is 0 Å². The zero-order chi connectivity index (χ0) is 26.3. The fourth-order valence-electron chi connectivity index (χ4n) is 3.97. The number of carbonyl (C=O) groups excluding carboxylic acids is 2. The normalized spacial score (nSPS) is 10.6. The Bertz CT molecular complexity index is 1090. The molecular formula is C31H38N2O3S. The van der Waals surface area contributed by atoms with Crippen LogP contribution in [0.4, 0.5) is 10.5 Å². The molecule has 0 fully saturated rings. The van der Waals surface area contributed by atoms with Crippen molar-refractivity contribution in [3.8, 4) is 0 Å². The highest BCUT2D eigenvalue weighted by Gasteiger charge is 2.15. The molecule has 3 aromatic carbocycles. The molecule has 0 aliphatic heterocycles. The lowest BCUT2D eigenvalue weighted by atomic mass is 10.1. The van der Waals surface area contributed by atoms with Crippen molar-refractivity contribution in [2.24, 2.45) is 0 Å². The van der Waals surface area contributed by atoms with Crippen LogP contribution in [0.25, 0.3) is 0 Å². The number of ether oxygens (including phenoxy) is 1. The van der Waals surface area contributed by atoms with Crippen LogP contribution in [-0.4, -0.2) is 25.2 Å². The van der Waals surface area contributed by atoms with Crippen LogP contribution < -0.4 is 10.2 Å². The number of benzene rings is 3. The first-order valence-corrected chi connectivity index (χ1v) is 14.0. The smallest absolute Gasteiger partial charge is 0.322 e. The van der Waals surface area contributed by atoms with Gasteiger partial charge in [0.05, 0.1) is 13.0 Å². The molecule has 5 nitrogen and oxygen atoms in total. The third kappa shape index (κ3) is 9.96. The van der Waals surface area contributed by atoms with Crippen molar-refractivity contribution in [2.75, 3.05) is 18.1 Å². The minimum absolute atomic E-state index is 0.0723. The minimum atomic E-state index is -0.207. The summed E-state index contributed by atoms with van der Waals surface area (Å²) in [6, 6.07) is 26.0. The number of urea groups is 1. The SMILES string of the molecule is CCCCCCCN(C(=O)NCc1ccccc1)c1ccc(Sc2ccc(CC(=O)OCC)cc2)cc1. The average molecular weight is 519 g/mol. The summed E-state index contributed by atoms with van der Waals surface area (Å²) in [5.74, 6) is -0.207. The summed E-state index contributed by atoms with van der Waals surface area (Å²) in [6.07, 6.45) is 6.02. The largest absolute Gasteiger partial charge is 0.466 e. The predicted molar refractivity (Wildman–Crippen MR) is 152 cm³/mol. The van der Waals surface area contributed by atoms with E-state index in [2.05, 4.69) is 24.4 Å². The van der Waals surface area contributed by atoms with Gasteiger partial charge in [0.25, 0.3) is 0 Å². The molecule has 37 heavy (non-hydrogen) atoms. The maximum Gasteiger partial charge on any atom is 0.322 e. The molecule has 0 spiro atoms. The molecule has 3 rings (SSSR count). The van der Waals surface area contributed by atoms with Gasteiger partial charge in [-0.05, 0) is 60.9 Å². The van der Waals surface area contributed by atoms with Crippen LogP contribution in [0.5, 0.6) is 0 Å². The number of esters is 1. The van der Waals surface area contributed by atoms with Crippen molar-refractivity contribution in [3.05, 3.63) is 90.0 Å². The van der Waals surface area contributed by atoms with Crippen molar-refractivity contribution in [2.45, 2.75) is 68.7 Å². The standard InChI is InChI=1S/C31H38N2O3S/c1-3-5-6-7-11-22-33(31(35)32-24-26-12-9-8-10-13-26)27-16-20-29(21-17-27)37-28-18-14-25(15-19-28)23-30(34)36-4-2/h8-10,12-21H,3-7,11,22-24H2,1-2H3,(H,32,35). The summed E-state index contributed by atoms with van der Waals surface area (Å²) in [6.45, 7) is 5.62. The van der Waals surface area contributed by atoms with E-state index in [1.807, 2.05) is 78.6 Å². The summed E-state index contributed by atoms with van der Waals surface area (Å²) >= 11 is 1.65. The molecule has 0 unspecified atom stereocenters. The highest BCUT2D eigenvalue weighted by molar-refractivity contribution is 7.99. The third-order valence-electron chi connectivity index (χ3n) is 5.98. The molecule has 0 atom stereocenters. The predicted octanol–water partition coefficient (Wildman–Crippen LogP) is 7.63. The van der Waals surface area contributed by atoms with Gasteiger partial charge in [-0.1, -0.05) is 86.8 Å². The molecule has 0 aromatic heterocycles. The maximum absolute atomic E-state index is 13.1. The first-order valence-electron chi connectivity index (χ1n) is 13.2. The van der Waals surface area contributed by atoms with Gasteiger partial charge >= 0.3 is 12.0 Å². The molecule has 0 saturated carbocycles. The van der Waals surface area contributed by atoms with Gasteiger partial charge in [-0.15, -0.1) is 0 Å². The lowest BCUT2D eigenvalue weighted by Gasteiger charge is -2.24. The summed E-state index contributed by atoms with van der Waals surface area (Å²) in [5, 5.41) is 3.08. The second kappa shape index (κ2) is 15.8. The first-order chi connectivity index (χ1) is 18.1. The molecule has 196 valence electrons. The number of carbonyl (C=O) groups is 2. The van der Waals surface area contributed by atoms with Gasteiger partial charge in [-0.3, -0.25) is 9.69 Å². The molecular weight excluding hydrogens is 480 g/mol. The van der Waals surface area contributed by atoms with Gasteiger partial charge in [0.1, 0.15) is 0 Å². The van der Waals surface area contributed by atoms with Crippen molar-refractivity contribution in [1.82, 2.24) is 5.32 Å². The van der Waals surface area contributed by atoms with Crippen molar-refractivity contribution >= 4 is 29.4 Å². The van der Waals surface area contributed by atoms with Crippen LogP contribution in [0.1, 0.15) is 57.1 Å². The van der Waals surface area contributed by atoms with Gasteiger partial charge in [0.2, 0.25) is 0 Å². The van der Waals surface area contributed by atoms with Crippen LogP contribution in [-0.2, 0) is 22.5 Å². The Hall–Kier alpha value is -3.25. The van der Waals surface area contributed by atoms with E-state index in [1.54, 1.807) is 11.8 Å². The molecule has 1 N–H and O–H groups in total. The van der Waals surface area contributed by atoms with E-state index < -0.39 is 0 Å². The highest BCUT2D eigenvalue weighted by Crippen LogP contribution is 2.30. The molecule has 0 bridgehead atoms. The second-order valence-corrected chi connectivity index (χ2v) is 10.1. The fraction of sp³-hybridized carbons (Fsp3) is 0.355. The molecule has 3 aromatic rings. The molecule has 2 amide bonds. The monoisotopic (exact) mass is 518 g/mol. The average Bonchev–Trinajstić information content (AvgIpc) is 2.92. The summed E-state index contributed by atoms with van der Waals surface area (Å²) in [7, 11) is 0. The van der Waals surface area contributed by atoms with Gasteiger partial charge < -0.3 is 10.1 Å². The number of amides is 2. The molecule has 0 saturated heterocycles. The van der Waals surface area contributed by atoms with Crippen LogP contribution in [0.3, 0.4) is 0 Å². The van der Waals surface area contributed by atoms with Crippen molar-refractivity contribution in [3.63, 3.8) is 0 Å². The minimum Gasteiger partial charge on any atom is -0.466 e. The Morgan fingerprint density at radius 3 is 2.08 bits per heavy atom. The van der Waals surface area contributed by atoms with E-state index >= 15 is 0 Å². The van der Waals surface area contributed by atoms with E-state index in [0.717, 1.165) is 39.4 Å². The molecule has 0 aliphatic rings. The summed E-state index contributed by atoms with van der Waals surface area (Å²) in [4.78, 5) is 28.9. The quantitative estimate of drug-likeness (QED) is 0.176. The number of rotatable bonds is 14. The zero-order valence-electron chi connectivity index (χ0n) is 21.9. The van der Waals surface area contributed by atoms with Crippen LogP contribution >= 0.6 is 11.8 Å². The number of nitrogens with zero attached hydrogens (tertiary/aromatic N) is 1. The van der Waals surface area contributed by atoms with E-state index in [-0.39, 0.29) is 18.4 Å². The lowest BCUT2D eigenvalue weighted by Crippen LogP contribution is -2.40. The molecule has 0 radical (unpaired) electrons. The van der Waals surface area contributed by atoms with Gasteiger partial charge in [-0.2, -0.15) is 0 Å². The van der Waals surface area contributed by atoms with E-state index in [4.69, 9.17) is 4.74 Å². The number of hydrogen-bond acceptors (Lipinski definition) is 4. The Morgan fingerprint density at radius 1 is 0.784 bits per heavy atom. The van der Waals surface area contributed by atoms with Crippen LogP contribution in [0, 0.1) is 0 Å². The molecule has 0 heterocycles. The molecule has 0 aliphatic carbocycles. The second-order valence-electron chi connectivity index (χ2n) is 8.93. The van der Waals surface area contributed by atoms with Crippen LogP contribution in [0.15, 0.2) is 88.7 Å². The Morgan fingerprint density at radius 2 is 1.43 bits per heavy atom. The zero-order valence-corrected chi connectivity index (χ0v) is 22.8. The van der Waals surface area contributed by atoms with Gasteiger partial charge in [0.15, 0.2) is 0 Å². The molecule has 6 heteroatoms. The summed E-state index contributed by atoms with van der Waals surface area (Å²) < 4.78 is 5.02. The number of unbranched alkanes of at least 4 members (excludes halogenated alkanes) is 4. The van der Waals surface area contributed by atoms with E-state index in [1.165, 1.54) is 19.3 Å². The van der Waals surface area contributed by atoms with Crippen LogP contribution in [0.2, 0.25) is 0 Å². The fourth-order valence-corrected chi connectivity index (χ4v) is 4.79. The van der Waals surface area contributed by atoms with Crippen molar-refractivity contribution < 1.29 is 14.3 Å². The highest BCUT2D eigenvalue weighted by atomic mass is 32.2. The topological polar surface area (TPSA) is 58.6 Å². The summed E-state index contributed by atoms with van der Waals surface area (Å²) in [5.41, 5.74) is 2.92. The van der Waals surface area contributed by atoms with E-state index in [0.29, 0.717) is 19.7 Å². The Kier molecular flexibility index (Phi) is 12.1. The number of anilines is 1. The Labute approximate surface area is 225 Å². The van der Waals surface area contributed by atoms with E-state index in [9.17, 15) is 9.59 Å². The number of nitrogens with one attached hydrogen (secondary N) is 1.